The number of hydrogen-bond donors (Lipinski definition) is 2. The molecule has 2 aromatic heterocycles. The lowest BCUT2D eigenvalue weighted by Crippen LogP contribution is -2.36. The SMILES string of the molecule is CCc1cc(-c2ccc(N)nc2C)cc2cnc(NC3CCC(N(C)C)CC3)nc12. The van der Waals surface area contributed by atoms with Crippen LogP contribution in [-0.4, -0.2) is 46.0 Å². The minimum Gasteiger partial charge on any atom is -0.384 e. The first-order chi connectivity index (χ1) is 14.4. The van der Waals surface area contributed by atoms with Crippen LogP contribution in [0.1, 0.15) is 43.9 Å². The van der Waals surface area contributed by atoms with E-state index in [0.29, 0.717) is 17.9 Å². The fourth-order valence-electron chi connectivity index (χ4n) is 4.52. The van der Waals surface area contributed by atoms with Crippen LogP contribution in [0, 0.1) is 6.92 Å². The number of pyridine rings is 1. The maximum atomic E-state index is 5.83. The van der Waals surface area contributed by atoms with E-state index in [-0.39, 0.29) is 0 Å². The molecule has 0 spiro atoms. The molecule has 0 saturated heterocycles. The zero-order valence-electron chi connectivity index (χ0n) is 18.4. The standard InChI is InChI=1S/C24H32N6/c1-5-16-12-17(21-10-11-22(25)27-15(21)2)13-18-14-26-24(29-23(16)18)28-19-6-8-20(9-7-19)30(3)4/h10-14,19-20H,5-9H2,1-4H3,(H2,25,27)(H,26,28,29). The second-order valence-corrected chi connectivity index (χ2v) is 8.60. The summed E-state index contributed by atoms with van der Waals surface area (Å²) in [6.45, 7) is 4.17. The predicted octanol–water partition coefficient (Wildman–Crippen LogP) is 4.43. The van der Waals surface area contributed by atoms with Gasteiger partial charge in [-0.25, -0.2) is 15.0 Å². The van der Waals surface area contributed by atoms with Gasteiger partial charge in [-0.3, -0.25) is 0 Å². The number of hydrogen-bond acceptors (Lipinski definition) is 6. The van der Waals surface area contributed by atoms with Crippen LogP contribution < -0.4 is 11.1 Å². The molecule has 1 fully saturated rings. The van der Waals surface area contributed by atoms with Gasteiger partial charge in [0.2, 0.25) is 5.95 Å². The Morgan fingerprint density at radius 2 is 1.87 bits per heavy atom. The number of benzene rings is 1. The molecule has 6 nitrogen and oxygen atoms in total. The molecule has 1 aliphatic rings. The summed E-state index contributed by atoms with van der Waals surface area (Å²) in [6.07, 6.45) is 7.61. The third kappa shape index (κ3) is 4.24. The Balaban J connectivity index is 1.60. The Kier molecular flexibility index (Phi) is 5.86. The van der Waals surface area contributed by atoms with Gasteiger partial charge in [0.15, 0.2) is 0 Å². The Labute approximate surface area is 178 Å². The summed E-state index contributed by atoms with van der Waals surface area (Å²) in [7, 11) is 4.35. The van der Waals surface area contributed by atoms with Crippen LogP contribution in [0.15, 0.2) is 30.5 Å². The predicted molar refractivity (Wildman–Crippen MR) is 125 cm³/mol. The topological polar surface area (TPSA) is 80.0 Å². The van der Waals surface area contributed by atoms with E-state index in [1.54, 1.807) is 0 Å². The summed E-state index contributed by atoms with van der Waals surface area (Å²) in [5, 5.41) is 4.64. The molecule has 4 rings (SSSR count). The van der Waals surface area contributed by atoms with Crippen LogP contribution in [0.3, 0.4) is 0 Å². The Hall–Kier alpha value is -2.73. The molecule has 3 aromatic rings. The molecule has 0 bridgehead atoms. The van der Waals surface area contributed by atoms with Gasteiger partial charge in [-0.05, 0) is 88.5 Å². The smallest absolute Gasteiger partial charge is 0.223 e. The van der Waals surface area contributed by atoms with E-state index in [9.17, 15) is 0 Å². The molecule has 0 unspecified atom stereocenters. The van der Waals surface area contributed by atoms with Crippen molar-refractivity contribution < 1.29 is 0 Å². The molecule has 0 amide bonds. The highest BCUT2D eigenvalue weighted by atomic mass is 15.1. The lowest BCUT2D eigenvalue weighted by Gasteiger charge is -2.33. The van der Waals surface area contributed by atoms with Crippen molar-refractivity contribution in [3.8, 4) is 11.1 Å². The van der Waals surface area contributed by atoms with Crippen LogP contribution in [0.4, 0.5) is 11.8 Å². The number of nitrogen functional groups attached to an aromatic ring is 1. The van der Waals surface area contributed by atoms with E-state index in [2.05, 4.69) is 53.3 Å². The van der Waals surface area contributed by atoms with E-state index >= 15 is 0 Å². The van der Waals surface area contributed by atoms with Crippen molar-refractivity contribution >= 4 is 22.7 Å². The molecule has 0 atom stereocenters. The van der Waals surface area contributed by atoms with Crippen molar-refractivity contribution in [1.29, 1.82) is 0 Å². The van der Waals surface area contributed by atoms with Gasteiger partial charge in [-0.1, -0.05) is 6.92 Å². The van der Waals surface area contributed by atoms with Gasteiger partial charge in [-0.2, -0.15) is 0 Å². The molecule has 1 aliphatic carbocycles. The zero-order valence-corrected chi connectivity index (χ0v) is 18.4. The number of nitrogens with one attached hydrogen (secondary N) is 1. The second kappa shape index (κ2) is 8.56. The van der Waals surface area contributed by atoms with Crippen LogP contribution in [0.25, 0.3) is 22.0 Å². The number of anilines is 2. The Morgan fingerprint density at radius 1 is 1.10 bits per heavy atom. The molecular weight excluding hydrogens is 372 g/mol. The van der Waals surface area contributed by atoms with Crippen molar-refractivity contribution in [2.75, 3.05) is 25.1 Å². The zero-order chi connectivity index (χ0) is 21.3. The van der Waals surface area contributed by atoms with E-state index in [1.165, 1.54) is 18.4 Å². The average Bonchev–Trinajstić information content (AvgIpc) is 2.73. The number of rotatable bonds is 5. The average molecular weight is 405 g/mol. The number of fused-ring (bicyclic) bond motifs is 1. The molecule has 1 saturated carbocycles. The lowest BCUT2D eigenvalue weighted by atomic mass is 9.90. The summed E-state index contributed by atoms with van der Waals surface area (Å²) in [5.74, 6) is 1.29. The maximum Gasteiger partial charge on any atom is 0.223 e. The highest BCUT2D eigenvalue weighted by molar-refractivity contribution is 5.88. The van der Waals surface area contributed by atoms with E-state index in [4.69, 9.17) is 10.7 Å². The van der Waals surface area contributed by atoms with E-state index in [1.807, 2.05) is 25.3 Å². The molecule has 6 heteroatoms. The highest BCUT2D eigenvalue weighted by Crippen LogP contribution is 2.30. The van der Waals surface area contributed by atoms with Gasteiger partial charge in [0.05, 0.1) is 5.52 Å². The van der Waals surface area contributed by atoms with Crippen molar-refractivity contribution in [3.05, 3.63) is 41.7 Å². The quantitative estimate of drug-likeness (QED) is 0.655. The van der Waals surface area contributed by atoms with Gasteiger partial charge in [0.1, 0.15) is 5.82 Å². The van der Waals surface area contributed by atoms with Crippen LogP contribution in [-0.2, 0) is 6.42 Å². The van der Waals surface area contributed by atoms with E-state index < -0.39 is 0 Å². The number of nitrogens with two attached hydrogens (primary N) is 1. The van der Waals surface area contributed by atoms with Gasteiger partial charge < -0.3 is 16.0 Å². The fourth-order valence-corrected chi connectivity index (χ4v) is 4.52. The molecule has 30 heavy (non-hydrogen) atoms. The number of aromatic nitrogens is 3. The largest absolute Gasteiger partial charge is 0.384 e. The first-order valence-electron chi connectivity index (χ1n) is 10.9. The normalized spacial score (nSPS) is 19.4. The third-order valence-corrected chi connectivity index (χ3v) is 6.32. The maximum absolute atomic E-state index is 5.83. The third-order valence-electron chi connectivity index (χ3n) is 6.32. The molecule has 0 aliphatic heterocycles. The van der Waals surface area contributed by atoms with Crippen molar-refractivity contribution in [3.63, 3.8) is 0 Å². The highest BCUT2D eigenvalue weighted by Gasteiger charge is 2.23. The van der Waals surface area contributed by atoms with Gasteiger partial charge in [0, 0.05) is 34.9 Å². The molecule has 1 aromatic carbocycles. The Morgan fingerprint density at radius 3 is 2.53 bits per heavy atom. The van der Waals surface area contributed by atoms with Gasteiger partial charge >= 0.3 is 0 Å². The van der Waals surface area contributed by atoms with Crippen molar-refractivity contribution in [2.45, 2.75) is 58.0 Å². The number of aryl methyl sites for hydroxylation is 2. The lowest BCUT2D eigenvalue weighted by molar-refractivity contribution is 0.221. The summed E-state index contributed by atoms with van der Waals surface area (Å²) in [4.78, 5) is 16.3. The summed E-state index contributed by atoms with van der Waals surface area (Å²) < 4.78 is 0. The minimum absolute atomic E-state index is 0.450. The second-order valence-electron chi connectivity index (χ2n) is 8.60. The van der Waals surface area contributed by atoms with Crippen LogP contribution >= 0.6 is 0 Å². The van der Waals surface area contributed by atoms with Crippen LogP contribution in [0.5, 0.6) is 0 Å². The van der Waals surface area contributed by atoms with Crippen molar-refractivity contribution in [1.82, 2.24) is 19.9 Å². The minimum atomic E-state index is 0.450. The molecular formula is C24H32N6. The Bertz CT molecular complexity index is 1040. The van der Waals surface area contributed by atoms with Crippen molar-refractivity contribution in [2.24, 2.45) is 0 Å². The first kappa shape index (κ1) is 20.5. The molecule has 158 valence electrons. The summed E-state index contributed by atoms with van der Waals surface area (Å²) in [6, 6.07) is 9.41. The summed E-state index contributed by atoms with van der Waals surface area (Å²) >= 11 is 0. The molecule has 2 heterocycles. The van der Waals surface area contributed by atoms with Gasteiger partial charge in [0.25, 0.3) is 0 Å². The molecule has 3 N–H and O–H groups in total. The number of nitrogens with zero attached hydrogens (tertiary/aromatic N) is 4. The van der Waals surface area contributed by atoms with Gasteiger partial charge in [-0.15, -0.1) is 0 Å². The summed E-state index contributed by atoms with van der Waals surface area (Å²) in [5.41, 5.74) is 11.2. The van der Waals surface area contributed by atoms with Crippen LogP contribution in [0.2, 0.25) is 0 Å². The monoisotopic (exact) mass is 404 g/mol. The first-order valence-corrected chi connectivity index (χ1v) is 10.9. The molecule has 0 radical (unpaired) electrons. The van der Waals surface area contributed by atoms with E-state index in [0.717, 1.165) is 52.9 Å². The fraction of sp³-hybridized carbons (Fsp3) is 0.458.